The van der Waals surface area contributed by atoms with Gasteiger partial charge in [0.2, 0.25) is 5.91 Å². The lowest BCUT2D eigenvalue weighted by molar-refractivity contribution is -0.124. The minimum Gasteiger partial charge on any atom is -0.497 e. The Kier molecular flexibility index (Phi) is 5.16. The van der Waals surface area contributed by atoms with Crippen LogP contribution in [0.3, 0.4) is 0 Å². The van der Waals surface area contributed by atoms with E-state index >= 15 is 0 Å². The van der Waals surface area contributed by atoms with Gasteiger partial charge in [-0.2, -0.15) is 0 Å². The standard InChI is InChI=1S/C14H21NO3/c1-10(2)13(9-16)14(17)15(3)11-5-7-12(18-4)8-6-11/h5-8,10,13,16H,9H2,1-4H3. The number of aliphatic hydroxyl groups is 1. The minimum absolute atomic E-state index is 0.0716. The summed E-state index contributed by atoms with van der Waals surface area (Å²) in [7, 11) is 3.32. The summed E-state index contributed by atoms with van der Waals surface area (Å²) in [6.45, 7) is 3.73. The zero-order valence-electron chi connectivity index (χ0n) is 11.4. The van der Waals surface area contributed by atoms with Crippen molar-refractivity contribution >= 4 is 11.6 Å². The monoisotopic (exact) mass is 251 g/mol. The van der Waals surface area contributed by atoms with Crippen LogP contribution < -0.4 is 9.64 Å². The van der Waals surface area contributed by atoms with Gasteiger partial charge in [0.25, 0.3) is 0 Å². The lowest BCUT2D eigenvalue weighted by Gasteiger charge is -2.25. The van der Waals surface area contributed by atoms with Crippen LogP contribution in [0.25, 0.3) is 0 Å². The maximum absolute atomic E-state index is 12.2. The highest BCUT2D eigenvalue weighted by Crippen LogP contribution is 2.21. The summed E-state index contributed by atoms with van der Waals surface area (Å²) >= 11 is 0. The predicted molar refractivity (Wildman–Crippen MR) is 71.8 cm³/mol. The van der Waals surface area contributed by atoms with Crippen molar-refractivity contribution in [2.24, 2.45) is 11.8 Å². The number of benzene rings is 1. The maximum Gasteiger partial charge on any atom is 0.232 e. The van der Waals surface area contributed by atoms with Crippen LogP contribution in [0.5, 0.6) is 5.75 Å². The normalized spacial score (nSPS) is 12.3. The first-order valence-corrected chi connectivity index (χ1v) is 6.03. The van der Waals surface area contributed by atoms with Crippen molar-refractivity contribution in [1.29, 1.82) is 0 Å². The number of amides is 1. The first-order chi connectivity index (χ1) is 8.51. The summed E-state index contributed by atoms with van der Waals surface area (Å²) in [4.78, 5) is 13.8. The molecule has 0 spiro atoms. The zero-order chi connectivity index (χ0) is 13.7. The number of methoxy groups -OCH3 is 1. The van der Waals surface area contributed by atoms with Crippen LogP contribution in [0.4, 0.5) is 5.69 Å². The van der Waals surface area contributed by atoms with Crippen molar-refractivity contribution in [3.05, 3.63) is 24.3 Å². The summed E-state index contributed by atoms with van der Waals surface area (Å²) in [6.07, 6.45) is 0. The van der Waals surface area contributed by atoms with Crippen LogP contribution in [-0.2, 0) is 4.79 Å². The van der Waals surface area contributed by atoms with Crippen LogP contribution >= 0.6 is 0 Å². The van der Waals surface area contributed by atoms with E-state index in [4.69, 9.17) is 4.74 Å². The molecule has 0 aliphatic carbocycles. The van der Waals surface area contributed by atoms with Crippen LogP contribution in [0.15, 0.2) is 24.3 Å². The number of carbonyl (C=O) groups excluding carboxylic acids is 1. The second kappa shape index (κ2) is 6.40. The summed E-state index contributed by atoms with van der Waals surface area (Å²) in [5.74, 6) is 0.431. The SMILES string of the molecule is COc1ccc(N(C)C(=O)C(CO)C(C)C)cc1. The Morgan fingerprint density at radius 2 is 1.89 bits per heavy atom. The van der Waals surface area contributed by atoms with Gasteiger partial charge < -0.3 is 14.7 Å². The van der Waals surface area contributed by atoms with E-state index in [1.54, 1.807) is 19.1 Å². The fraction of sp³-hybridized carbons (Fsp3) is 0.500. The average molecular weight is 251 g/mol. The third-order valence-electron chi connectivity index (χ3n) is 3.11. The molecular formula is C14H21NO3. The summed E-state index contributed by atoms with van der Waals surface area (Å²) in [5, 5.41) is 9.28. The number of ether oxygens (including phenoxy) is 1. The molecule has 1 aromatic rings. The second-order valence-corrected chi connectivity index (χ2v) is 4.63. The quantitative estimate of drug-likeness (QED) is 0.870. The van der Waals surface area contributed by atoms with Gasteiger partial charge in [-0.25, -0.2) is 0 Å². The highest BCUT2D eigenvalue weighted by molar-refractivity contribution is 5.94. The lowest BCUT2D eigenvalue weighted by Crippen LogP contribution is -2.37. The van der Waals surface area contributed by atoms with Gasteiger partial charge in [0.05, 0.1) is 19.6 Å². The Hall–Kier alpha value is -1.55. The number of carbonyl (C=O) groups is 1. The van der Waals surface area contributed by atoms with Crippen molar-refractivity contribution < 1.29 is 14.6 Å². The average Bonchev–Trinajstić information content (AvgIpc) is 2.38. The Morgan fingerprint density at radius 1 is 1.33 bits per heavy atom. The Labute approximate surface area is 108 Å². The molecule has 0 saturated heterocycles. The topological polar surface area (TPSA) is 49.8 Å². The first kappa shape index (κ1) is 14.5. The molecule has 0 aromatic heterocycles. The molecular weight excluding hydrogens is 230 g/mol. The number of nitrogens with zero attached hydrogens (tertiary/aromatic N) is 1. The molecule has 4 nitrogen and oxygen atoms in total. The number of hydrogen-bond donors (Lipinski definition) is 1. The molecule has 4 heteroatoms. The van der Waals surface area contributed by atoms with Crippen molar-refractivity contribution in [3.63, 3.8) is 0 Å². The van der Waals surface area contributed by atoms with E-state index in [0.717, 1.165) is 11.4 Å². The van der Waals surface area contributed by atoms with Crippen molar-refractivity contribution in [3.8, 4) is 5.75 Å². The van der Waals surface area contributed by atoms with Gasteiger partial charge in [-0.05, 0) is 30.2 Å². The molecule has 1 atom stereocenters. The van der Waals surface area contributed by atoms with Gasteiger partial charge in [0.15, 0.2) is 0 Å². The molecule has 0 fully saturated rings. The molecule has 1 N–H and O–H groups in total. The number of aliphatic hydroxyl groups excluding tert-OH is 1. The van der Waals surface area contributed by atoms with E-state index in [1.165, 1.54) is 0 Å². The smallest absolute Gasteiger partial charge is 0.232 e. The maximum atomic E-state index is 12.2. The van der Waals surface area contributed by atoms with E-state index in [1.807, 2.05) is 38.1 Å². The molecule has 0 aliphatic heterocycles. The predicted octanol–water partition coefficient (Wildman–Crippen LogP) is 1.92. The molecule has 0 radical (unpaired) electrons. The molecule has 0 aliphatic rings. The van der Waals surface area contributed by atoms with Gasteiger partial charge in [0, 0.05) is 12.7 Å². The second-order valence-electron chi connectivity index (χ2n) is 4.63. The van der Waals surface area contributed by atoms with E-state index in [-0.39, 0.29) is 24.3 Å². The fourth-order valence-corrected chi connectivity index (χ4v) is 1.76. The van der Waals surface area contributed by atoms with E-state index in [9.17, 15) is 9.90 Å². The van der Waals surface area contributed by atoms with Gasteiger partial charge in [-0.15, -0.1) is 0 Å². The molecule has 18 heavy (non-hydrogen) atoms. The zero-order valence-corrected chi connectivity index (χ0v) is 11.4. The van der Waals surface area contributed by atoms with Gasteiger partial charge in [0.1, 0.15) is 5.75 Å². The molecule has 1 unspecified atom stereocenters. The summed E-state index contributed by atoms with van der Waals surface area (Å²) < 4.78 is 5.07. The number of hydrogen-bond acceptors (Lipinski definition) is 3. The van der Waals surface area contributed by atoms with E-state index in [0.29, 0.717) is 0 Å². The molecule has 1 amide bonds. The third kappa shape index (κ3) is 3.23. The highest BCUT2D eigenvalue weighted by atomic mass is 16.5. The van der Waals surface area contributed by atoms with E-state index in [2.05, 4.69) is 0 Å². The van der Waals surface area contributed by atoms with Gasteiger partial charge in [-0.1, -0.05) is 13.8 Å². The molecule has 100 valence electrons. The molecule has 0 saturated carbocycles. The van der Waals surface area contributed by atoms with E-state index < -0.39 is 0 Å². The van der Waals surface area contributed by atoms with Crippen molar-refractivity contribution in [2.45, 2.75) is 13.8 Å². The first-order valence-electron chi connectivity index (χ1n) is 6.03. The van der Waals surface area contributed by atoms with Crippen molar-refractivity contribution in [1.82, 2.24) is 0 Å². The Morgan fingerprint density at radius 3 is 2.28 bits per heavy atom. The van der Waals surface area contributed by atoms with Crippen LogP contribution in [-0.4, -0.2) is 31.8 Å². The van der Waals surface area contributed by atoms with Crippen LogP contribution in [0, 0.1) is 11.8 Å². The molecule has 1 rings (SSSR count). The third-order valence-corrected chi connectivity index (χ3v) is 3.11. The van der Waals surface area contributed by atoms with Crippen molar-refractivity contribution in [2.75, 3.05) is 25.7 Å². The number of anilines is 1. The summed E-state index contributed by atoms with van der Waals surface area (Å²) in [6, 6.07) is 7.27. The molecule has 0 bridgehead atoms. The Bertz CT molecular complexity index is 387. The molecule has 0 heterocycles. The number of rotatable bonds is 5. The van der Waals surface area contributed by atoms with Crippen LogP contribution in [0.2, 0.25) is 0 Å². The summed E-state index contributed by atoms with van der Waals surface area (Å²) in [5.41, 5.74) is 0.792. The Balaban J connectivity index is 2.84. The lowest BCUT2D eigenvalue weighted by atomic mass is 9.95. The van der Waals surface area contributed by atoms with Gasteiger partial charge in [-0.3, -0.25) is 4.79 Å². The largest absolute Gasteiger partial charge is 0.497 e. The van der Waals surface area contributed by atoms with Crippen LogP contribution in [0.1, 0.15) is 13.8 Å². The highest BCUT2D eigenvalue weighted by Gasteiger charge is 2.25. The molecule has 1 aromatic carbocycles. The minimum atomic E-state index is -0.364. The fourth-order valence-electron chi connectivity index (χ4n) is 1.76. The van der Waals surface area contributed by atoms with Gasteiger partial charge >= 0.3 is 0 Å².